The normalized spacial score (nSPS) is 18.2. The van der Waals surface area contributed by atoms with Gasteiger partial charge in [-0.3, -0.25) is 9.59 Å². The van der Waals surface area contributed by atoms with E-state index in [1.165, 1.54) is 17.5 Å². The summed E-state index contributed by atoms with van der Waals surface area (Å²) in [5.74, 6) is 1.09. The van der Waals surface area contributed by atoms with Crippen LogP contribution in [0.5, 0.6) is 0 Å². The van der Waals surface area contributed by atoms with Crippen LogP contribution in [-0.4, -0.2) is 46.3 Å². The van der Waals surface area contributed by atoms with Crippen molar-refractivity contribution in [3.8, 4) is 0 Å². The second-order valence-electron chi connectivity index (χ2n) is 8.69. The standard InChI is InChI=1S/C22H30N4O2/c1-15(2)14-26-21(27)19-6-4-3-5-18(19)20(24-26)22(28)25-11-9-17(10-12-25)23-13-16-7-8-16/h3-6,15-17,23H,7-14H2,1-2H3. The molecule has 1 N–H and O–H groups in total. The third-order valence-electron chi connectivity index (χ3n) is 5.78. The monoisotopic (exact) mass is 382 g/mol. The molecule has 1 aliphatic carbocycles. The highest BCUT2D eigenvalue weighted by atomic mass is 16.2. The summed E-state index contributed by atoms with van der Waals surface area (Å²) in [6.07, 6.45) is 4.66. The van der Waals surface area contributed by atoms with Gasteiger partial charge in [-0.25, -0.2) is 4.68 Å². The van der Waals surface area contributed by atoms with Crippen molar-refractivity contribution >= 4 is 16.7 Å². The minimum atomic E-state index is -0.121. The Bertz CT molecular complexity index is 908. The predicted octanol–water partition coefficient (Wildman–Crippen LogP) is 2.66. The Labute approximate surface area is 165 Å². The zero-order chi connectivity index (χ0) is 19.7. The quantitative estimate of drug-likeness (QED) is 0.834. The summed E-state index contributed by atoms with van der Waals surface area (Å²) < 4.78 is 1.46. The lowest BCUT2D eigenvalue weighted by molar-refractivity contribution is 0.0698. The molecule has 2 aliphatic rings. The second-order valence-corrected chi connectivity index (χ2v) is 8.69. The Morgan fingerprint density at radius 2 is 1.82 bits per heavy atom. The number of aromatic nitrogens is 2. The highest BCUT2D eigenvalue weighted by Crippen LogP contribution is 2.28. The lowest BCUT2D eigenvalue weighted by Crippen LogP contribution is -2.46. The first kappa shape index (κ1) is 19.1. The van der Waals surface area contributed by atoms with Crippen molar-refractivity contribution in [2.45, 2.75) is 52.1 Å². The summed E-state index contributed by atoms with van der Waals surface area (Å²) in [4.78, 5) is 27.9. The number of benzene rings is 1. The van der Waals surface area contributed by atoms with Gasteiger partial charge < -0.3 is 10.2 Å². The highest BCUT2D eigenvalue weighted by Gasteiger charge is 2.28. The zero-order valence-corrected chi connectivity index (χ0v) is 16.9. The molecule has 28 heavy (non-hydrogen) atoms. The minimum Gasteiger partial charge on any atom is -0.337 e. The first-order valence-corrected chi connectivity index (χ1v) is 10.6. The number of hydrogen-bond donors (Lipinski definition) is 1. The fourth-order valence-electron chi connectivity index (χ4n) is 3.95. The molecule has 0 atom stereocenters. The van der Waals surface area contributed by atoms with Crippen molar-refractivity contribution in [3.63, 3.8) is 0 Å². The molecule has 0 spiro atoms. The number of hydrogen-bond acceptors (Lipinski definition) is 4. The number of nitrogens with one attached hydrogen (secondary N) is 1. The molecule has 1 saturated carbocycles. The van der Waals surface area contributed by atoms with Crippen molar-refractivity contribution in [1.29, 1.82) is 0 Å². The molecule has 1 aromatic carbocycles. The molecule has 1 amide bonds. The lowest BCUT2D eigenvalue weighted by atomic mass is 10.0. The van der Waals surface area contributed by atoms with E-state index in [1.807, 2.05) is 36.9 Å². The highest BCUT2D eigenvalue weighted by molar-refractivity contribution is 6.04. The van der Waals surface area contributed by atoms with E-state index >= 15 is 0 Å². The van der Waals surface area contributed by atoms with Gasteiger partial charge in [-0.15, -0.1) is 0 Å². The number of nitrogens with zero attached hydrogens (tertiary/aromatic N) is 3. The summed E-state index contributed by atoms with van der Waals surface area (Å²) in [5, 5.41) is 9.38. The van der Waals surface area contributed by atoms with E-state index in [2.05, 4.69) is 10.4 Å². The lowest BCUT2D eigenvalue weighted by Gasteiger charge is -2.32. The molecule has 4 rings (SSSR count). The van der Waals surface area contributed by atoms with Gasteiger partial charge in [0.25, 0.3) is 11.5 Å². The van der Waals surface area contributed by atoms with Crippen LogP contribution in [0.25, 0.3) is 10.8 Å². The molecule has 150 valence electrons. The third-order valence-corrected chi connectivity index (χ3v) is 5.78. The molecule has 1 aromatic heterocycles. The number of amides is 1. The van der Waals surface area contributed by atoms with E-state index in [1.54, 1.807) is 6.07 Å². The number of piperidine rings is 1. The SMILES string of the molecule is CC(C)Cn1nc(C(=O)N2CCC(NCC3CC3)CC2)c2ccccc2c1=O. The molecule has 6 heteroatoms. The van der Waals surface area contributed by atoms with E-state index in [9.17, 15) is 9.59 Å². The van der Waals surface area contributed by atoms with Gasteiger partial charge in [0.05, 0.1) is 5.39 Å². The Morgan fingerprint density at radius 1 is 1.14 bits per heavy atom. The van der Waals surface area contributed by atoms with Crippen molar-refractivity contribution in [1.82, 2.24) is 20.0 Å². The van der Waals surface area contributed by atoms with Gasteiger partial charge in [-0.05, 0) is 50.1 Å². The Balaban J connectivity index is 1.55. The predicted molar refractivity (Wildman–Crippen MR) is 110 cm³/mol. The van der Waals surface area contributed by atoms with Crippen molar-refractivity contribution in [2.75, 3.05) is 19.6 Å². The van der Waals surface area contributed by atoms with Crippen LogP contribution in [0.3, 0.4) is 0 Å². The molecule has 0 radical (unpaired) electrons. The third kappa shape index (κ3) is 4.12. The molecule has 2 fully saturated rings. The van der Waals surface area contributed by atoms with Crippen LogP contribution in [0.4, 0.5) is 0 Å². The van der Waals surface area contributed by atoms with E-state index < -0.39 is 0 Å². The van der Waals surface area contributed by atoms with Gasteiger partial charge in [-0.2, -0.15) is 5.10 Å². The first-order chi connectivity index (χ1) is 13.5. The summed E-state index contributed by atoms with van der Waals surface area (Å²) in [6.45, 7) is 7.19. The maximum atomic E-state index is 13.3. The van der Waals surface area contributed by atoms with Crippen LogP contribution in [0.2, 0.25) is 0 Å². The second kappa shape index (κ2) is 8.03. The van der Waals surface area contributed by atoms with Gasteiger partial charge in [0, 0.05) is 31.1 Å². The Morgan fingerprint density at radius 3 is 2.46 bits per heavy atom. The summed E-state index contributed by atoms with van der Waals surface area (Å²) in [5.41, 5.74) is 0.282. The smallest absolute Gasteiger partial charge is 0.274 e. The molecule has 0 unspecified atom stereocenters. The Kier molecular flexibility index (Phi) is 5.49. The van der Waals surface area contributed by atoms with E-state index in [0.29, 0.717) is 29.1 Å². The molecule has 2 heterocycles. The van der Waals surface area contributed by atoms with Gasteiger partial charge in [-0.1, -0.05) is 32.0 Å². The average Bonchev–Trinajstić information content (AvgIpc) is 3.53. The van der Waals surface area contributed by atoms with Crippen LogP contribution in [0.15, 0.2) is 29.1 Å². The summed E-state index contributed by atoms with van der Waals surface area (Å²) >= 11 is 0. The van der Waals surface area contributed by atoms with Crippen LogP contribution < -0.4 is 10.9 Å². The minimum absolute atomic E-state index is 0.0608. The molecular formula is C22H30N4O2. The number of fused-ring (bicyclic) bond motifs is 1. The number of carbonyl (C=O) groups is 1. The topological polar surface area (TPSA) is 67.2 Å². The van der Waals surface area contributed by atoms with E-state index in [4.69, 9.17) is 0 Å². The summed E-state index contributed by atoms with van der Waals surface area (Å²) in [6, 6.07) is 7.83. The largest absolute Gasteiger partial charge is 0.337 e. The van der Waals surface area contributed by atoms with Gasteiger partial charge in [0.2, 0.25) is 0 Å². The van der Waals surface area contributed by atoms with Gasteiger partial charge in [0.15, 0.2) is 5.69 Å². The molecule has 1 aliphatic heterocycles. The molecule has 1 saturated heterocycles. The van der Waals surface area contributed by atoms with Crippen molar-refractivity contribution in [2.24, 2.45) is 11.8 Å². The molecule has 2 aromatic rings. The molecule has 6 nitrogen and oxygen atoms in total. The average molecular weight is 383 g/mol. The van der Waals surface area contributed by atoms with E-state index in [0.717, 1.165) is 38.4 Å². The maximum absolute atomic E-state index is 13.3. The molecular weight excluding hydrogens is 352 g/mol. The molecule has 0 bridgehead atoms. The number of likely N-dealkylation sites (tertiary alicyclic amines) is 1. The Hall–Kier alpha value is -2.21. The van der Waals surface area contributed by atoms with Crippen LogP contribution in [0, 0.1) is 11.8 Å². The number of rotatable bonds is 6. The van der Waals surface area contributed by atoms with Crippen molar-refractivity contribution in [3.05, 3.63) is 40.3 Å². The van der Waals surface area contributed by atoms with Gasteiger partial charge >= 0.3 is 0 Å². The zero-order valence-electron chi connectivity index (χ0n) is 16.9. The first-order valence-electron chi connectivity index (χ1n) is 10.6. The van der Waals surface area contributed by atoms with E-state index in [-0.39, 0.29) is 17.4 Å². The van der Waals surface area contributed by atoms with Crippen LogP contribution in [-0.2, 0) is 6.54 Å². The number of carbonyl (C=O) groups excluding carboxylic acids is 1. The fraction of sp³-hybridized carbons (Fsp3) is 0.591. The van der Waals surface area contributed by atoms with Crippen LogP contribution in [0.1, 0.15) is 50.0 Å². The summed E-state index contributed by atoms with van der Waals surface area (Å²) in [7, 11) is 0. The maximum Gasteiger partial charge on any atom is 0.274 e. The van der Waals surface area contributed by atoms with Gasteiger partial charge in [0.1, 0.15) is 0 Å². The van der Waals surface area contributed by atoms with Crippen LogP contribution >= 0.6 is 0 Å². The van der Waals surface area contributed by atoms with Crippen molar-refractivity contribution < 1.29 is 4.79 Å². The fourth-order valence-corrected chi connectivity index (χ4v) is 3.95.